The number of hydrogen-bond acceptors (Lipinski definition) is 3. The predicted octanol–water partition coefficient (Wildman–Crippen LogP) is 2.71. The van der Waals surface area contributed by atoms with Crippen molar-refractivity contribution >= 4 is 0 Å². The molecule has 19 heavy (non-hydrogen) atoms. The fourth-order valence-electron chi connectivity index (χ4n) is 4.17. The SMILES string of the molecule is CC(C)C1CCCC(O)(C2(CN)CCOCC2)CC1. The first-order valence-corrected chi connectivity index (χ1v) is 8.03. The van der Waals surface area contributed by atoms with Gasteiger partial charge in [-0.15, -0.1) is 0 Å². The van der Waals surface area contributed by atoms with Crippen LogP contribution in [0.4, 0.5) is 0 Å². The smallest absolute Gasteiger partial charge is 0.0717 e. The Balaban J connectivity index is 2.11. The molecule has 1 heterocycles. The lowest BCUT2D eigenvalue weighted by molar-refractivity contribution is -0.136. The molecule has 0 spiro atoms. The molecule has 0 aromatic carbocycles. The van der Waals surface area contributed by atoms with Crippen molar-refractivity contribution in [1.29, 1.82) is 0 Å². The minimum Gasteiger partial charge on any atom is -0.389 e. The van der Waals surface area contributed by atoms with Crippen LogP contribution in [0.5, 0.6) is 0 Å². The number of hydrogen-bond donors (Lipinski definition) is 2. The highest BCUT2D eigenvalue weighted by atomic mass is 16.5. The molecule has 3 nitrogen and oxygen atoms in total. The van der Waals surface area contributed by atoms with Crippen LogP contribution in [0, 0.1) is 17.3 Å². The third-order valence-electron chi connectivity index (χ3n) is 5.86. The van der Waals surface area contributed by atoms with E-state index in [2.05, 4.69) is 13.8 Å². The lowest BCUT2D eigenvalue weighted by atomic mass is 9.63. The second kappa shape index (κ2) is 6.11. The van der Waals surface area contributed by atoms with E-state index >= 15 is 0 Å². The van der Waals surface area contributed by atoms with Crippen molar-refractivity contribution in [1.82, 2.24) is 0 Å². The second-order valence-corrected chi connectivity index (χ2v) is 7.06. The number of aliphatic hydroxyl groups is 1. The monoisotopic (exact) mass is 269 g/mol. The maximum atomic E-state index is 11.3. The lowest BCUT2D eigenvalue weighted by Crippen LogP contribution is -2.55. The molecule has 1 aliphatic heterocycles. The van der Waals surface area contributed by atoms with Gasteiger partial charge in [-0.05, 0) is 43.9 Å². The standard InChI is InChI=1S/C16H31NO2/c1-13(2)14-4-3-6-16(18,7-5-14)15(12-17)8-10-19-11-9-15/h13-14,18H,3-12,17H2,1-2H3. The van der Waals surface area contributed by atoms with Crippen molar-refractivity contribution in [2.75, 3.05) is 19.8 Å². The van der Waals surface area contributed by atoms with Crippen LogP contribution in [0.2, 0.25) is 0 Å². The Kier molecular flexibility index (Phi) is 4.91. The fraction of sp³-hybridized carbons (Fsp3) is 1.00. The molecule has 0 aromatic rings. The van der Waals surface area contributed by atoms with Crippen molar-refractivity contribution in [3.8, 4) is 0 Å². The first-order valence-electron chi connectivity index (χ1n) is 8.03. The van der Waals surface area contributed by atoms with Gasteiger partial charge in [-0.3, -0.25) is 0 Å². The third kappa shape index (κ3) is 2.98. The van der Waals surface area contributed by atoms with E-state index in [1.807, 2.05) is 0 Å². The zero-order chi connectivity index (χ0) is 13.9. The van der Waals surface area contributed by atoms with E-state index in [-0.39, 0.29) is 5.41 Å². The van der Waals surface area contributed by atoms with Gasteiger partial charge in [0.2, 0.25) is 0 Å². The molecule has 0 bridgehead atoms. The Bertz CT molecular complexity index is 286. The average molecular weight is 269 g/mol. The summed E-state index contributed by atoms with van der Waals surface area (Å²) in [5.74, 6) is 1.49. The fourth-order valence-corrected chi connectivity index (χ4v) is 4.17. The summed E-state index contributed by atoms with van der Waals surface area (Å²) < 4.78 is 5.49. The molecule has 2 aliphatic rings. The Labute approximate surface area is 117 Å². The van der Waals surface area contributed by atoms with Crippen molar-refractivity contribution in [3.63, 3.8) is 0 Å². The lowest BCUT2D eigenvalue weighted by Gasteiger charge is -2.49. The van der Waals surface area contributed by atoms with Crippen molar-refractivity contribution in [3.05, 3.63) is 0 Å². The molecular weight excluding hydrogens is 238 g/mol. The van der Waals surface area contributed by atoms with E-state index in [1.165, 1.54) is 6.42 Å². The molecule has 112 valence electrons. The highest BCUT2D eigenvalue weighted by Gasteiger charge is 2.50. The molecule has 1 aliphatic carbocycles. The van der Waals surface area contributed by atoms with Gasteiger partial charge in [0.25, 0.3) is 0 Å². The van der Waals surface area contributed by atoms with Gasteiger partial charge in [-0.1, -0.05) is 26.7 Å². The summed E-state index contributed by atoms with van der Waals surface area (Å²) in [6.07, 6.45) is 7.25. The molecule has 1 saturated heterocycles. The normalized spacial score (nSPS) is 36.2. The van der Waals surface area contributed by atoms with Crippen LogP contribution in [-0.4, -0.2) is 30.5 Å². The largest absolute Gasteiger partial charge is 0.389 e. The van der Waals surface area contributed by atoms with E-state index in [4.69, 9.17) is 10.5 Å². The summed E-state index contributed by atoms with van der Waals surface area (Å²) in [6.45, 7) is 6.73. The zero-order valence-corrected chi connectivity index (χ0v) is 12.7. The third-order valence-corrected chi connectivity index (χ3v) is 5.86. The van der Waals surface area contributed by atoms with Crippen LogP contribution in [0.25, 0.3) is 0 Å². The summed E-state index contributed by atoms with van der Waals surface area (Å²) in [7, 11) is 0. The van der Waals surface area contributed by atoms with Crippen LogP contribution in [0.1, 0.15) is 58.8 Å². The summed E-state index contributed by atoms with van der Waals surface area (Å²) >= 11 is 0. The Morgan fingerprint density at radius 2 is 1.84 bits per heavy atom. The molecule has 3 heteroatoms. The maximum absolute atomic E-state index is 11.3. The Hall–Kier alpha value is -0.120. The molecule has 3 N–H and O–H groups in total. The average Bonchev–Trinajstić information content (AvgIpc) is 2.63. The van der Waals surface area contributed by atoms with E-state index in [0.29, 0.717) is 6.54 Å². The maximum Gasteiger partial charge on any atom is 0.0717 e. The zero-order valence-electron chi connectivity index (χ0n) is 12.7. The highest BCUT2D eigenvalue weighted by Crippen LogP contribution is 2.48. The highest BCUT2D eigenvalue weighted by molar-refractivity contribution is 5.02. The first kappa shape index (κ1) is 15.3. The van der Waals surface area contributed by atoms with Gasteiger partial charge in [0.05, 0.1) is 5.60 Å². The van der Waals surface area contributed by atoms with Crippen LogP contribution in [-0.2, 0) is 4.74 Å². The van der Waals surface area contributed by atoms with E-state index in [9.17, 15) is 5.11 Å². The molecular formula is C16H31NO2. The second-order valence-electron chi connectivity index (χ2n) is 7.06. The summed E-state index contributed by atoms with van der Waals surface area (Å²) in [4.78, 5) is 0. The molecule has 0 amide bonds. The Morgan fingerprint density at radius 1 is 1.16 bits per heavy atom. The molecule has 2 rings (SSSR count). The summed E-state index contributed by atoms with van der Waals surface area (Å²) in [6, 6.07) is 0. The van der Waals surface area contributed by atoms with Crippen LogP contribution < -0.4 is 5.73 Å². The van der Waals surface area contributed by atoms with Gasteiger partial charge < -0.3 is 15.6 Å². The quantitative estimate of drug-likeness (QED) is 0.775. The van der Waals surface area contributed by atoms with Gasteiger partial charge in [-0.2, -0.15) is 0 Å². The van der Waals surface area contributed by atoms with E-state index < -0.39 is 5.60 Å². The first-order chi connectivity index (χ1) is 9.03. The van der Waals surface area contributed by atoms with Crippen molar-refractivity contribution in [2.45, 2.75) is 64.4 Å². The van der Waals surface area contributed by atoms with Crippen LogP contribution >= 0.6 is 0 Å². The van der Waals surface area contributed by atoms with Crippen molar-refractivity contribution in [2.24, 2.45) is 23.0 Å². The summed E-state index contributed by atoms with van der Waals surface area (Å²) in [5.41, 5.74) is 5.42. The van der Waals surface area contributed by atoms with Gasteiger partial charge in [0.15, 0.2) is 0 Å². The molecule has 2 atom stereocenters. The molecule has 0 aromatic heterocycles. The van der Waals surface area contributed by atoms with Crippen LogP contribution in [0.15, 0.2) is 0 Å². The van der Waals surface area contributed by atoms with Crippen molar-refractivity contribution < 1.29 is 9.84 Å². The minimum atomic E-state index is -0.560. The van der Waals surface area contributed by atoms with Gasteiger partial charge >= 0.3 is 0 Å². The number of nitrogens with two attached hydrogens (primary N) is 1. The molecule has 2 unspecified atom stereocenters. The molecule has 0 radical (unpaired) electrons. The minimum absolute atomic E-state index is 0.100. The van der Waals surface area contributed by atoms with Gasteiger partial charge in [-0.25, -0.2) is 0 Å². The summed E-state index contributed by atoms with van der Waals surface area (Å²) in [5, 5.41) is 11.3. The molecule has 2 fully saturated rings. The van der Waals surface area contributed by atoms with E-state index in [0.717, 1.165) is 63.6 Å². The number of rotatable bonds is 3. The van der Waals surface area contributed by atoms with Crippen LogP contribution in [0.3, 0.4) is 0 Å². The molecule has 1 saturated carbocycles. The Morgan fingerprint density at radius 3 is 2.42 bits per heavy atom. The van der Waals surface area contributed by atoms with Gasteiger partial charge in [0, 0.05) is 25.2 Å². The topological polar surface area (TPSA) is 55.5 Å². The van der Waals surface area contributed by atoms with E-state index in [1.54, 1.807) is 0 Å². The number of ether oxygens (including phenoxy) is 1. The predicted molar refractivity (Wildman–Crippen MR) is 77.9 cm³/mol. The van der Waals surface area contributed by atoms with Gasteiger partial charge in [0.1, 0.15) is 0 Å².